The lowest BCUT2D eigenvalue weighted by Gasteiger charge is -2.24. The van der Waals surface area contributed by atoms with Crippen molar-refractivity contribution >= 4 is 11.3 Å². The predicted molar refractivity (Wildman–Crippen MR) is 83.3 cm³/mol. The molecule has 2 aromatic heterocycles. The first-order valence-corrected chi connectivity index (χ1v) is 8.46. The molecule has 0 radical (unpaired) electrons. The molecular formula is C15H22N4OS. The summed E-state index contributed by atoms with van der Waals surface area (Å²) < 4.78 is 1.95. The maximum Gasteiger partial charge on any atom is 0.0925 e. The highest BCUT2D eigenvalue weighted by atomic mass is 32.1. The Morgan fingerprint density at radius 1 is 1.48 bits per heavy atom. The Labute approximate surface area is 129 Å². The summed E-state index contributed by atoms with van der Waals surface area (Å²) in [5.41, 5.74) is 2.58. The van der Waals surface area contributed by atoms with Gasteiger partial charge in [-0.1, -0.05) is 6.92 Å². The maximum absolute atomic E-state index is 9.10. The van der Waals surface area contributed by atoms with Crippen molar-refractivity contribution in [1.29, 1.82) is 0 Å². The third kappa shape index (κ3) is 3.17. The minimum atomic E-state index is 0.146. The van der Waals surface area contributed by atoms with E-state index in [1.165, 1.54) is 27.6 Å². The molecule has 2 heterocycles. The number of aryl methyl sites for hydroxylation is 1. The summed E-state index contributed by atoms with van der Waals surface area (Å²) in [6.45, 7) is 3.75. The van der Waals surface area contributed by atoms with Crippen molar-refractivity contribution in [2.75, 3.05) is 6.61 Å². The molecule has 1 aliphatic carbocycles. The molecule has 21 heavy (non-hydrogen) atoms. The SMILES string of the molecule is CCc1ncc(CNC2CCCc3c2cnn3CCO)s1. The van der Waals surface area contributed by atoms with E-state index in [0.717, 1.165) is 25.8 Å². The zero-order chi connectivity index (χ0) is 14.7. The van der Waals surface area contributed by atoms with Crippen LogP contribution in [0.1, 0.15) is 46.9 Å². The lowest BCUT2D eigenvalue weighted by molar-refractivity contribution is 0.266. The van der Waals surface area contributed by atoms with Gasteiger partial charge in [0.25, 0.3) is 0 Å². The fourth-order valence-corrected chi connectivity index (χ4v) is 3.75. The fourth-order valence-electron chi connectivity index (χ4n) is 2.94. The molecule has 0 aliphatic heterocycles. The summed E-state index contributed by atoms with van der Waals surface area (Å²) >= 11 is 1.79. The van der Waals surface area contributed by atoms with Gasteiger partial charge in [-0.3, -0.25) is 4.68 Å². The van der Waals surface area contributed by atoms with Crippen LogP contribution >= 0.6 is 11.3 Å². The second-order valence-electron chi connectivity index (χ2n) is 5.39. The molecule has 0 saturated heterocycles. The molecule has 0 amide bonds. The van der Waals surface area contributed by atoms with Crippen LogP contribution in [0.5, 0.6) is 0 Å². The van der Waals surface area contributed by atoms with Crippen molar-refractivity contribution in [3.8, 4) is 0 Å². The van der Waals surface area contributed by atoms with Crippen molar-refractivity contribution in [2.24, 2.45) is 0 Å². The molecule has 0 bridgehead atoms. The highest BCUT2D eigenvalue weighted by Crippen LogP contribution is 2.30. The van der Waals surface area contributed by atoms with Crippen LogP contribution in [0.25, 0.3) is 0 Å². The van der Waals surface area contributed by atoms with Gasteiger partial charge in [-0.05, 0) is 25.7 Å². The molecule has 0 aromatic carbocycles. The lowest BCUT2D eigenvalue weighted by Crippen LogP contribution is -2.25. The van der Waals surface area contributed by atoms with Gasteiger partial charge < -0.3 is 10.4 Å². The Morgan fingerprint density at radius 2 is 2.38 bits per heavy atom. The summed E-state index contributed by atoms with van der Waals surface area (Å²) in [4.78, 5) is 5.70. The smallest absolute Gasteiger partial charge is 0.0925 e. The summed E-state index contributed by atoms with van der Waals surface area (Å²) in [6.07, 6.45) is 8.34. The van der Waals surface area contributed by atoms with E-state index >= 15 is 0 Å². The molecule has 6 heteroatoms. The van der Waals surface area contributed by atoms with Crippen LogP contribution < -0.4 is 5.32 Å². The number of nitrogens with one attached hydrogen (secondary N) is 1. The van der Waals surface area contributed by atoms with Gasteiger partial charge in [0, 0.05) is 34.9 Å². The van der Waals surface area contributed by atoms with Crippen LogP contribution in [0.4, 0.5) is 0 Å². The molecule has 114 valence electrons. The number of aliphatic hydroxyl groups excluding tert-OH is 1. The number of aliphatic hydroxyl groups is 1. The van der Waals surface area contributed by atoms with Gasteiger partial charge in [0.1, 0.15) is 0 Å². The second-order valence-corrected chi connectivity index (χ2v) is 6.59. The van der Waals surface area contributed by atoms with Crippen molar-refractivity contribution in [3.05, 3.63) is 33.5 Å². The Morgan fingerprint density at radius 3 is 3.14 bits per heavy atom. The Bertz CT molecular complexity index is 592. The average Bonchev–Trinajstić information content (AvgIpc) is 3.13. The summed E-state index contributed by atoms with van der Waals surface area (Å²) in [7, 11) is 0. The summed E-state index contributed by atoms with van der Waals surface area (Å²) in [5, 5.41) is 18.4. The van der Waals surface area contributed by atoms with E-state index in [2.05, 4.69) is 22.3 Å². The number of nitrogens with zero attached hydrogens (tertiary/aromatic N) is 3. The standard InChI is InChI=1S/C15H22N4OS/c1-2-15-17-9-11(21-15)8-16-13-4-3-5-14-12(13)10-18-19(14)6-7-20/h9-10,13,16,20H,2-8H2,1H3. The van der Waals surface area contributed by atoms with Crippen molar-refractivity contribution < 1.29 is 5.11 Å². The molecular weight excluding hydrogens is 284 g/mol. The number of aromatic nitrogens is 3. The number of hydrogen-bond donors (Lipinski definition) is 2. The van der Waals surface area contributed by atoms with Gasteiger partial charge in [-0.25, -0.2) is 4.98 Å². The number of thiazole rings is 1. The molecule has 1 aliphatic rings. The predicted octanol–water partition coefficient (Wildman–Crippen LogP) is 2.06. The normalized spacial score (nSPS) is 17.9. The van der Waals surface area contributed by atoms with Crippen LogP contribution in [-0.4, -0.2) is 26.5 Å². The van der Waals surface area contributed by atoms with Gasteiger partial charge in [-0.15, -0.1) is 11.3 Å². The molecule has 2 aromatic rings. The monoisotopic (exact) mass is 306 g/mol. The Kier molecular flexibility index (Phi) is 4.67. The van der Waals surface area contributed by atoms with E-state index in [0.29, 0.717) is 12.6 Å². The lowest BCUT2D eigenvalue weighted by atomic mass is 9.93. The van der Waals surface area contributed by atoms with Gasteiger partial charge in [0.05, 0.1) is 24.4 Å². The zero-order valence-corrected chi connectivity index (χ0v) is 13.2. The molecule has 5 nitrogen and oxygen atoms in total. The van der Waals surface area contributed by atoms with E-state index in [1.807, 2.05) is 17.1 Å². The molecule has 3 rings (SSSR count). The molecule has 1 unspecified atom stereocenters. The first-order chi connectivity index (χ1) is 10.3. The minimum absolute atomic E-state index is 0.146. The van der Waals surface area contributed by atoms with E-state index in [1.54, 1.807) is 11.3 Å². The number of rotatable bonds is 6. The fraction of sp³-hybridized carbons (Fsp3) is 0.600. The molecule has 2 N–H and O–H groups in total. The van der Waals surface area contributed by atoms with Gasteiger partial charge in [0.2, 0.25) is 0 Å². The molecule has 1 atom stereocenters. The van der Waals surface area contributed by atoms with Gasteiger partial charge in [-0.2, -0.15) is 5.10 Å². The van der Waals surface area contributed by atoms with Crippen LogP contribution in [0.2, 0.25) is 0 Å². The van der Waals surface area contributed by atoms with Crippen LogP contribution in [0.3, 0.4) is 0 Å². The van der Waals surface area contributed by atoms with Crippen molar-refractivity contribution in [2.45, 2.75) is 51.7 Å². The maximum atomic E-state index is 9.10. The van der Waals surface area contributed by atoms with E-state index in [9.17, 15) is 0 Å². The molecule has 0 spiro atoms. The first kappa shape index (κ1) is 14.7. The van der Waals surface area contributed by atoms with Crippen molar-refractivity contribution in [1.82, 2.24) is 20.1 Å². The molecule has 0 saturated carbocycles. The number of fused-ring (bicyclic) bond motifs is 1. The quantitative estimate of drug-likeness (QED) is 0.857. The zero-order valence-electron chi connectivity index (χ0n) is 12.4. The topological polar surface area (TPSA) is 63.0 Å². The van der Waals surface area contributed by atoms with Gasteiger partial charge in [0.15, 0.2) is 0 Å². The van der Waals surface area contributed by atoms with Gasteiger partial charge >= 0.3 is 0 Å². The first-order valence-electron chi connectivity index (χ1n) is 7.64. The average molecular weight is 306 g/mol. The third-order valence-electron chi connectivity index (χ3n) is 4.00. The van der Waals surface area contributed by atoms with Crippen molar-refractivity contribution in [3.63, 3.8) is 0 Å². The largest absolute Gasteiger partial charge is 0.394 e. The van der Waals surface area contributed by atoms with E-state index in [-0.39, 0.29) is 6.61 Å². The summed E-state index contributed by atoms with van der Waals surface area (Å²) in [5.74, 6) is 0. The van der Waals surface area contributed by atoms with Crippen LogP contribution in [0, 0.1) is 0 Å². The van der Waals surface area contributed by atoms with Crippen LogP contribution in [-0.2, 0) is 25.9 Å². The summed E-state index contributed by atoms with van der Waals surface area (Å²) in [6, 6.07) is 0.369. The minimum Gasteiger partial charge on any atom is -0.394 e. The Hall–Kier alpha value is -1.24. The highest BCUT2D eigenvalue weighted by molar-refractivity contribution is 7.11. The van der Waals surface area contributed by atoms with E-state index in [4.69, 9.17) is 5.11 Å². The highest BCUT2D eigenvalue weighted by Gasteiger charge is 2.23. The molecule has 0 fully saturated rings. The number of hydrogen-bond acceptors (Lipinski definition) is 5. The van der Waals surface area contributed by atoms with E-state index < -0.39 is 0 Å². The Balaban J connectivity index is 1.67. The van der Waals surface area contributed by atoms with Crippen LogP contribution in [0.15, 0.2) is 12.4 Å². The third-order valence-corrected chi connectivity index (χ3v) is 5.14. The second kappa shape index (κ2) is 6.68.